The van der Waals surface area contributed by atoms with Crippen molar-refractivity contribution in [3.05, 3.63) is 52.6 Å². The first-order valence-electron chi connectivity index (χ1n) is 6.35. The number of benzene rings is 1. The predicted molar refractivity (Wildman–Crippen MR) is 86.0 cm³/mol. The van der Waals surface area contributed by atoms with Crippen LogP contribution in [0.1, 0.15) is 5.69 Å². The van der Waals surface area contributed by atoms with E-state index >= 15 is 0 Å². The Morgan fingerprint density at radius 3 is 2.73 bits per heavy atom. The zero-order chi connectivity index (χ0) is 15.7. The molecule has 0 spiro atoms. The molecule has 1 aromatic carbocycles. The fraction of sp³-hybridized carbons (Fsp3) is 0.0714. The number of nitrogens with zero attached hydrogens (tertiary/aromatic N) is 1. The normalized spacial score (nSPS) is 11.5. The highest BCUT2D eigenvalue weighted by Crippen LogP contribution is 2.25. The Bertz CT molecular complexity index is 915. The van der Waals surface area contributed by atoms with Crippen molar-refractivity contribution in [3.63, 3.8) is 0 Å². The third kappa shape index (κ3) is 3.07. The molecule has 0 atom stereocenters. The first-order valence-corrected chi connectivity index (χ1v) is 8.62. The second-order valence-corrected chi connectivity index (χ2v) is 7.20. The van der Waals surface area contributed by atoms with Crippen LogP contribution in [0.5, 0.6) is 0 Å². The molecular formula is C14H12BrN3O3S. The first-order chi connectivity index (χ1) is 10.4. The fourth-order valence-electron chi connectivity index (χ4n) is 1.90. The lowest BCUT2D eigenvalue weighted by Gasteiger charge is -2.05. The molecule has 3 aromatic rings. The van der Waals surface area contributed by atoms with Gasteiger partial charge in [0.05, 0.1) is 5.69 Å². The second-order valence-electron chi connectivity index (χ2n) is 4.67. The molecule has 22 heavy (non-hydrogen) atoms. The molecule has 0 aliphatic carbocycles. The van der Waals surface area contributed by atoms with Gasteiger partial charge in [0.25, 0.3) is 10.0 Å². The molecule has 2 aromatic heterocycles. The van der Waals surface area contributed by atoms with Gasteiger partial charge in [0.1, 0.15) is 5.69 Å². The average molecular weight is 382 g/mol. The fourth-order valence-corrected chi connectivity index (χ4v) is 3.29. The Labute approximate surface area is 135 Å². The minimum Gasteiger partial charge on any atom is -0.441 e. The number of rotatable bonds is 4. The molecule has 0 aliphatic heterocycles. The van der Waals surface area contributed by atoms with Gasteiger partial charge in [-0.2, -0.15) is 13.5 Å². The van der Waals surface area contributed by atoms with Gasteiger partial charge in [0, 0.05) is 10.2 Å². The Kier molecular flexibility index (Phi) is 3.79. The van der Waals surface area contributed by atoms with Crippen LogP contribution < -0.4 is 4.72 Å². The minimum atomic E-state index is -3.79. The lowest BCUT2D eigenvalue weighted by atomic mass is 10.3. The lowest BCUT2D eigenvalue weighted by Crippen LogP contribution is -2.11. The number of sulfonamides is 1. The maximum atomic E-state index is 12.3. The number of halogens is 1. The molecule has 0 amide bonds. The zero-order valence-corrected chi connectivity index (χ0v) is 13.9. The summed E-state index contributed by atoms with van der Waals surface area (Å²) >= 11 is 3.29. The molecule has 0 fully saturated rings. The van der Waals surface area contributed by atoms with E-state index in [1.54, 1.807) is 30.3 Å². The highest BCUT2D eigenvalue weighted by Gasteiger charge is 2.20. The molecule has 0 aliphatic rings. The summed E-state index contributed by atoms with van der Waals surface area (Å²) < 4.78 is 33.3. The molecule has 0 saturated heterocycles. The summed E-state index contributed by atoms with van der Waals surface area (Å²) in [6, 6.07) is 11.6. The van der Waals surface area contributed by atoms with Gasteiger partial charge >= 0.3 is 0 Å². The van der Waals surface area contributed by atoms with E-state index in [-0.39, 0.29) is 5.09 Å². The maximum Gasteiger partial charge on any atom is 0.295 e. The van der Waals surface area contributed by atoms with Crippen LogP contribution in [0.3, 0.4) is 0 Å². The predicted octanol–water partition coefficient (Wildman–Crippen LogP) is 3.54. The molecule has 6 nitrogen and oxygen atoms in total. The standard InChI is InChI=1S/C14H12BrN3O3S/c1-9-7-12(17-16-9)13-5-6-14(21-13)22(19,20)18-11-4-2-3-10(15)8-11/h2-8,18H,1H3,(H,16,17). The van der Waals surface area contributed by atoms with Gasteiger partial charge in [-0.15, -0.1) is 0 Å². The van der Waals surface area contributed by atoms with E-state index in [1.807, 2.05) is 13.0 Å². The summed E-state index contributed by atoms with van der Waals surface area (Å²) in [6.07, 6.45) is 0. The van der Waals surface area contributed by atoms with E-state index in [4.69, 9.17) is 4.42 Å². The van der Waals surface area contributed by atoms with Crippen molar-refractivity contribution in [1.29, 1.82) is 0 Å². The van der Waals surface area contributed by atoms with Crippen LogP contribution in [0.15, 0.2) is 56.4 Å². The van der Waals surface area contributed by atoms with Gasteiger partial charge < -0.3 is 4.42 Å². The summed E-state index contributed by atoms with van der Waals surface area (Å²) in [7, 11) is -3.79. The van der Waals surface area contributed by atoms with Crippen LogP contribution in [0.25, 0.3) is 11.5 Å². The molecule has 8 heteroatoms. The van der Waals surface area contributed by atoms with Crippen molar-refractivity contribution in [2.45, 2.75) is 12.0 Å². The van der Waals surface area contributed by atoms with E-state index in [2.05, 4.69) is 30.8 Å². The van der Waals surface area contributed by atoms with Gasteiger partial charge in [-0.05, 0) is 43.3 Å². The van der Waals surface area contributed by atoms with Gasteiger partial charge in [-0.25, -0.2) is 0 Å². The van der Waals surface area contributed by atoms with Crippen LogP contribution in [-0.2, 0) is 10.0 Å². The number of furan rings is 1. The van der Waals surface area contributed by atoms with Crippen molar-refractivity contribution in [2.24, 2.45) is 0 Å². The van der Waals surface area contributed by atoms with E-state index < -0.39 is 10.0 Å². The smallest absolute Gasteiger partial charge is 0.295 e. The number of aromatic nitrogens is 2. The number of aromatic amines is 1. The summed E-state index contributed by atoms with van der Waals surface area (Å²) in [5.41, 5.74) is 1.87. The highest BCUT2D eigenvalue weighted by molar-refractivity contribution is 9.10. The summed E-state index contributed by atoms with van der Waals surface area (Å²) in [5.74, 6) is 0.388. The zero-order valence-electron chi connectivity index (χ0n) is 11.5. The van der Waals surface area contributed by atoms with Crippen LogP contribution in [0.4, 0.5) is 5.69 Å². The third-order valence-corrected chi connectivity index (χ3v) is 4.63. The number of nitrogens with one attached hydrogen (secondary N) is 2. The molecule has 0 unspecified atom stereocenters. The Balaban J connectivity index is 1.88. The molecule has 0 radical (unpaired) electrons. The summed E-state index contributed by atoms with van der Waals surface area (Å²) in [4.78, 5) is 0. The molecule has 3 rings (SSSR count). The highest BCUT2D eigenvalue weighted by atomic mass is 79.9. The van der Waals surface area contributed by atoms with Crippen molar-refractivity contribution < 1.29 is 12.8 Å². The summed E-state index contributed by atoms with van der Waals surface area (Å²) in [6.45, 7) is 1.85. The monoisotopic (exact) mass is 381 g/mol. The van der Waals surface area contributed by atoms with E-state index in [9.17, 15) is 8.42 Å². The number of hydrogen-bond donors (Lipinski definition) is 2. The molecular weight excluding hydrogens is 370 g/mol. The summed E-state index contributed by atoms with van der Waals surface area (Å²) in [5, 5.41) is 6.65. The SMILES string of the molecule is Cc1cc(-c2ccc(S(=O)(=O)Nc3cccc(Br)c3)o2)n[nH]1. The van der Waals surface area contributed by atoms with Crippen LogP contribution >= 0.6 is 15.9 Å². The third-order valence-electron chi connectivity index (χ3n) is 2.88. The minimum absolute atomic E-state index is 0.164. The van der Waals surface area contributed by atoms with E-state index in [0.717, 1.165) is 10.2 Å². The molecule has 114 valence electrons. The van der Waals surface area contributed by atoms with Gasteiger partial charge in [0.15, 0.2) is 5.76 Å². The van der Waals surface area contributed by atoms with Gasteiger partial charge in [-0.1, -0.05) is 22.0 Å². The van der Waals surface area contributed by atoms with Crippen LogP contribution in [-0.4, -0.2) is 18.6 Å². The van der Waals surface area contributed by atoms with E-state index in [0.29, 0.717) is 17.1 Å². The Morgan fingerprint density at radius 1 is 1.23 bits per heavy atom. The first kappa shape index (κ1) is 14.9. The number of H-pyrrole nitrogens is 1. The van der Waals surface area contributed by atoms with Gasteiger partial charge in [-0.3, -0.25) is 9.82 Å². The molecule has 2 heterocycles. The molecule has 0 saturated carbocycles. The Morgan fingerprint density at radius 2 is 2.05 bits per heavy atom. The van der Waals surface area contributed by atoms with Crippen molar-refractivity contribution >= 4 is 31.6 Å². The lowest BCUT2D eigenvalue weighted by molar-refractivity contribution is 0.462. The largest absolute Gasteiger partial charge is 0.441 e. The Hall–Kier alpha value is -2.06. The number of aryl methyl sites for hydroxylation is 1. The van der Waals surface area contributed by atoms with Crippen molar-refractivity contribution in [3.8, 4) is 11.5 Å². The molecule has 2 N–H and O–H groups in total. The maximum absolute atomic E-state index is 12.3. The van der Waals surface area contributed by atoms with E-state index in [1.165, 1.54) is 6.07 Å². The molecule has 0 bridgehead atoms. The average Bonchev–Trinajstić information content (AvgIpc) is 3.06. The second kappa shape index (κ2) is 5.62. The quantitative estimate of drug-likeness (QED) is 0.723. The van der Waals surface area contributed by atoms with Crippen molar-refractivity contribution in [2.75, 3.05) is 4.72 Å². The number of anilines is 1. The van der Waals surface area contributed by atoms with Crippen LogP contribution in [0, 0.1) is 6.92 Å². The van der Waals surface area contributed by atoms with Gasteiger partial charge in [0.2, 0.25) is 5.09 Å². The number of hydrogen-bond acceptors (Lipinski definition) is 4. The topological polar surface area (TPSA) is 88.0 Å². The van der Waals surface area contributed by atoms with Crippen molar-refractivity contribution in [1.82, 2.24) is 10.2 Å². The van der Waals surface area contributed by atoms with Crippen LogP contribution in [0.2, 0.25) is 0 Å².